The van der Waals surface area contributed by atoms with E-state index in [0.29, 0.717) is 25.9 Å². The zero-order valence-electron chi connectivity index (χ0n) is 13.2. The van der Waals surface area contributed by atoms with E-state index >= 15 is 0 Å². The predicted molar refractivity (Wildman–Crippen MR) is 87.9 cm³/mol. The molecule has 1 aliphatic carbocycles. The summed E-state index contributed by atoms with van der Waals surface area (Å²) in [5.41, 5.74) is 1.93. The summed E-state index contributed by atoms with van der Waals surface area (Å²) in [6.45, 7) is 0.405. The number of aliphatic hydroxyl groups excluding tert-OH is 1. The molecule has 23 heavy (non-hydrogen) atoms. The van der Waals surface area contributed by atoms with Gasteiger partial charge in [0.1, 0.15) is 0 Å². The van der Waals surface area contributed by atoms with Crippen LogP contribution in [0.25, 0.3) is 10.9 Å². The number of carbonyl (C=O) groups excluding carboxylic acids is 1. The van der Waals surface area contributed by atoms with Crippen LogP contribution in [-0.2, 0) is 9.53 Å². The molecule has 0 aliphatic heterocycles. The van der Waals surface area contributed by atoms with Crippen LogP contribution in [0, 0.1) is 5.92 Å². The summed E-state index contributed by atoms with van der Waals surface area (Å²) in [7, 11) is 1.58. The Morgan fingerprint density at radius 3 is 2.96 bits per heavy atom. The van der Waals surface area contributed by atoms with Crippen LogP contribution in [0.3, 0.4) is 0 Å². The predicted octanol–water partition coefficient (Wildman–Crippen LogP) is 2.20. The third-order valence-corrected chi connectivity index (χ3v) is 4.44. The fraction of sp³-hybridized carbons (Fsp3) is 0.444. The third kappa shape index (κ3) is 3.68. The summed E-state index contributed by atoms with van der Waals surface area (Å²) in [5, 5.41) is 13.8. The highest BCUT2D eigenvalue weighted by Gasteiger charge is 2.35. The van der Waals surface area contributed by atoms with Gasteiger partial charge in [-0.1, -0.05) is 18.2 Å². The molecule has 1 aromatic heterocycles. The summed E-state index contributed by atoms with van der Waals surface area (Å²) in [5.74, 6) is 0.214. The number of hydrogen-bond acceptors (Lipinski definition) is 4. The Bertz CT molecular complexity index is 683. The zero-order chi connectivity index (χ0) is 16.2. The van der Waals surface area contributed by atoms with E-state index < -0.39 is 0 Å². The second-order valence-electron chi connectivity index (χ2n) is 6.13. The summed E-state index contributed by atoms with van der Waals surface area (Å²) in [6.07, 6.45) is 3.33. The first-order valence-electron chi connectivity index (χ1n) is 7.98. The van der Waals surface area contributed by atoms with Crippen LogP contribution in [0.5, 0.6) is 0 Å². The number of ether oxygens (including phenoxy) is 1. The normalized spacial score (nSPS) is 21.7. The highest BCUT2D eigenvalue weighted by atomic mass is 16.5. The SMILES string of the molecule is COCCC(=O)N[C@H](c1cnc2ccccc2c1)C1CC(O)C1. The van der Waals surface area contributed by atoms with Crippen molar-refractivity contribution in [2.45, 2.75) is 31.4 Å². The Morgan fingerprint density at radius 1 is 1.43 bits per heavy atom. The summed E-state index contributed by atoms with van der Waals surface area (Å²) in [4.78, 5) is 16.6. The monoisotopic (exact) mass is 314 g/mol. The molecule has 0 unspecified atom stereocenters. The number of rotatable bonds is 6. The average Bonchev–Trinajstić information content (AvgIpc) is 2.55. The molecule has 5 nitrogen and oxygen atoms in total. The molecular weight excluding hydrogens is 292 g/mol. The first-order chi connectivity index (χ1) is 11.2. The lowest BCUT2D eigenvalue weighted by atomic mass is 9.75. The van der Waals surface area contributed by atoms with Crippen molar-refractivity contribution < 1.29 is 14.6 Å². The van der Waals surface area contributed by atoms with Crippen molar-refractivity contribution in [3.8, 4) is 0 Å². The van der Waals surface area contributed by atoms with Crippen LogP contribution in [0.2, 0.25) is 0 Å². The number of hydrogen-bond donors (Lipinski definition) is 2. The van der Waals surface area contributed by atoms with Crippen LogP contribution >= 0.6 is 0 Å². The molecule has 3 rings (SSSR count). The quantitative estimate of drug-likeness (QED) is 0.857. The Labute approximate surface area is 135 Å². The van der Waals surface area contributed by atoms with Crippen LogP contribution in [-0.4, -0.2) is 35.8 Å². The van der Waals surface area contributed by atoms with Gasteiger partial charge in [-0.3, -0.25) is 9.78 Å². The Kier molecular flexibility index (Phi) is 4.88. The molecule has 5 heteroatoms. The fourth-order valence-corrected chi connectivity index (χ4v) is 3.07. The summed E-state index contributed by atoms with van der Waals surface area (Å²) >= 11 is 0. The molecule has 1 saturated carbocycles. The van der Waals surface area contributed by atoms with Gasteiger partial charge in [0.25, 0.3) is 0 Å². The third-order valence-electron chi connectivity index (χ3n) is 4.44. The van der Waals surface area contributed by atoms with Gasteiger partial charge in [0.05, 0.1) is 24.3 Å². The van der Waals surface area contributed by atoms with E-state index in [-0.39, 0.29) is 24.0 Å². The molecule has 0 bridgehead atoms. The highest BCUT2D eigenvalue weighted by molar-refractivity contribution is 5.80. The van der Waals surface area contributed by atoms with Crippen LogP contribution in [0.1, 0.15) is 30.9 Å². The Morgan fingerprint density at radius 2 is 2.22 bits per heavy atom. The standard InChI is InChI=1S/C18H22N2O3/c1-23-7-6-17(22)20-18(13-9-15(21)10-13)14-8-12-4-2-3-5-16(12)19-11-14/h2-5,8,11,13,15,18,21H,6-7,9-10H2,1H3,(H,20,22)/t13?,15?,18-/m0/s1. The maximum atomic E-state index is 12.1. The lowest BCUT2D eigenvalue weighted by molar-refractivity contribution is -0.123. The maximum Gasteiger partial charge on any atom is 0.222 e. The Hall–Kier alpha value is -1.98. The smallest absolute Gasteiger partial charge is 0.222 e. The van der Waals surface area contributed by atoms with Gasteiger partial charge in [-0.25, -0.2) is 0 Å². The first-order valence-corrected chi connectivity index (χ1v) is 7.98. The van der Waals surface area contributed by atoms with E-state index in [4.69, 9.17) is 4.74 Å². The molecule has 1 aliphatic rings. The van der Waals surface area contributed by atoms with E-state index in [0.717, 1.165) is 16.5 Å². The largest absolute Gasteiger partial charge is 0.393 e. The fourth-order valence-electron chi connectivity index (χ4n) is 3.07. The van der Waals surface area contributed by atoms with Gasteiger partial charge in [-0.05, 0) is 36.5 Å². The zero-order valence-corrected chi connectivity index (χ0v) is 13.2. The number of methoxy groups -OCH3 is 1. The van der Waals surface area contributed by atoms with Gasteiger partial charge in [0.2, 0.25) is 5.91 Å². The molecule has 1 fully saturated rings. The van der Waals surface area contributed by atoms with Crippen molar-refractivity contribution in [1.82, 2.24) is 10.3 Å². The van der Waals surface area contributed by atoms with Crippen molar-refractivity contribution in [3.63, 3.8) is 0 Å². The average molecular weight is 314 g/mol. The van der Waals surface area contributed by atoms with Crippen molar-refractivity contribution >= 4 is 16.8 Å². The molecule has 0 saturated heterocycles. The van der Waals surface area contributed by atoms with E-state index in [1.807, 2.05) is 30.5 Å². The maximum absolute atomic E-state index is 12.1. The summed E-state index contributed by atoms with van der Waals surface area (Å²) < 4.78 is 4.96. The minimum absolute atomic E-state index is 0.0357. The molecule has 1 aromatic carbocycles. The molecule has 1 atom stereocenters. The number of amides is 1. The van der Waals surface area contributed by atoms with Crippen LogP contribution in [0.4, 0.5) is 0 Å². The molecule has 2 aromatic rings. The van der Waals surface area contributed by atoms with Crippen molar-refractivity contribution in [3.05, 3.63) is 42.1 Å². The lowest BCUT2D eigenvalue weighted by Gasteiger charge is -2.38. The molecule has 2 N–H and O–H groups in total. The molecule has 122 valence electrons. The minimum atomic E-state index is -0.258. The Balaban J connectivity index is 1.82. The number of nitrogens with zero attached hydrogens (tertiary/aromatic N) is 1. The minimum Gasteiger partial charge on any atom is -0.393 e. The van der Waals surface area contributed by atoms with Gasteiger partial charge in [-0.2, -0.15) is 0 Å². The van der Waals surface area contributed by atoms with Crippen molar-refractivity contribution in [2.24, 2.45) is 5.92 Å². The first kappa shape index (κ1) is 15.9. The number of benzene rings is 1. The number of nitrogens with one attached hydrogen (secondary N) is 1. The number of para-hydroxylation sites is 1. The number of carbonyl (C=O) groups is 1. The second kappa shape index (κ2) is 7.06. The highest BCUT2D eigenvalue weighted by Crippen LogP contribution is 2.38. The molecule has 1 amide bonds. The van der Waals surface area contributed by atoms with Gasteiger partial charge in [0.15, 0.2) is 0 Å². The van der Waals surface area contributed by atoms with E-state index in [1.54, 1.807) is 7.11 Å². The van der Waals surface area contributed by atoms with Gasteiger partial charge in [0, 0.05) is 25.1 Å². The topological polar surface area (TPSA) is 71.5 Å². The van der Waals surface area contributed by atoms with Crippen molar-refractivity contribution in [2.75, 3.05) is 13.7 Å². The number of aromatic nitrogens is 1. The van der Waals surface area contributed by atoms with Crippen LogP contribution in [0.15, 0.2) is 36.5 Å². The van der Waals surface area contributed by atoms with Crippen LogP contribution < -0.4 is 5.32 Å². The van der Waals surface area contributed by atoms with E-state index in [9.17, 15) is 9.90 Å². The molecular formula is C18H22N2O3. The lowest BCUT2D eigenvalue weighted by Crippen LogP contribution is -2.41. The number of pyridine rings is 1. The summed E-state index contributed by atoms with van der Waals surface area (Å²) in [6, 6.07) is 9.90. The van der Waals surface area contributed by atoms with Crippen molar-refractivity contribution in [1.29, 1.82) is 0 Å². The van der Waals surface area contributed by atoms with Gasteiger partial charge < -0.3 is 15.2 Å². The number of aliphatic hydroxyl groups is 1. The molecule has 0 radical (unpaired) electrons. The number of fused-ring (bicyclic) bond motifs is 1. The van der Waals surface area contributed by atoms with Gasteiger partial charge >= 0.3 is 0 Å². The molecule has 1 heterocycles. The second-order valence-corrected chi connectivity index (χ2v) is 6.13. The van der Waals surface area contributed by atoms with E-state index in [2.05, 4.69) is 16.4 Å². The van der Waals surface area contributed by atoms with Gasteiger partial charge in [-0.15, -0.1) is 0 Å². The van der Waals surface area contributed by atoms with E-state index in [1.165, 1.54) is 0 Å². The molecule has 0 spiro atoms.